The fraction of sp³-hybridized carbons (Fsp3) is 0.267. The van der Waals surface area contributed by atoms with Crippen molar-refractivity contribution in [2.75, 3.05) is 6.54 Å². The Kier molecular flexibility index (Phi) is 5.32. The van der Waals surface area contributed by atoms with E-state index in [0.29, 0.717) is 18.2 Å². The second-order valence-corrected chi connectivity index (χ2v) is 4.73. The maximum atomic E-state index is 13.4. The van der Waals surface area contributed by atoms with Gasteiger partial charge in [-0.05, 0) is 31.2 Å². The second-order valence-electron chi connectivity index (χ2n) is 4.32. The van der Waals surface area contributed by atoms with E-state index >= 15 is 0 Å². The van der Waals surface area contributed by atoms with Crippen LogP contribution in [0.1, 0.15) is 18.9 Å². The first-order valence-electron chi connectivity index (χ1n) is 6.48. The number of rotatable bonds is 6. The zero-order valence-corrected chi connectivity index (χ0v) is 12.0. The standard InChI is InChI=1S/C15H16ClFN2O/c1-2-7-18-10-11-4-3-8-19-15(11)20-12-5-6-13(16)14(17)9-12/h3-6,8-9,18H,2,7,10H2,1H3. The third-order valence-corrected chi connectivity index (χ3v) is 3.00. The molecule has 106 valence electrons. The summed E-state index contributed by atoms with van der Waals surface area (Å²) in [5, 5.41) is 3.36. The Morgan fingerprint density at radius 1 is 1.35 bits per heavy atom. The van der Waals surface area contributed by atoms with E-state index in [4.69, 9.17) is 16.3 Å². The molecule has 0 aliphatic heterocycles. The van der Waals surface area contributed by atoms with Gasteiger partial charge in [0.1, 0.15) is 11.6 Å². The lowest BCUT2D eigenvalue weighted by atomic mass is 10.2. The zero-order valence-electron chi connectivity index (χ0n) is 11.2. The van der Waals surface area contributed by atoms with E-state index in [1.165, 1.54) is 12.1 Å². The highest BCUT2D eigenvalue weighted by Crippen LogP contribution is 2.26. The summed E-state index contributed by atoms with van der Waals surface area (Å²) in [6, 6.07) is 8.10. The first kappa shape index (κ1) is 14.8. The molecule has 0 saturated heterocycles. The lowest BCUT2D eigenvalue weighted by molar-refractivity contribution is 0.448. The highest BCUT2D eigenvalue weighted by Gasteiger charge is 2.08. The van der Waals surface area contributed by atoms with Crippen LogP contribution in [0.25, 0.3) is 0 Å². The summed E-state index contributed by atoms with van der Waals surface area (Å²) in [4.78, 5) is 4.19. The average molecular weight is 295 g/mol. The third-order valence-electron chi connectivity index (χ3n) is 2.70. The van der Waals surface area contributed by atoms with E-state index < -0.39 is 5.82 Å². The maximum absolute atomic E-state index is 13.4. The van der Waals surface area contributed by atoms with Gasteiger partial charge in [-0.15, -0.1) is 0 Å². The van der Waals surface area contributed by atoms with Gasteiger partial charge in [0.05, 0.1) is 5.02 Å². The molecule has 20 heavy (non-hydrogen) atoms. The molecule has 0 aliphatic carbocycles. The summed E-state index contributed by atoms with van der Waals surface area (Å²) >= 11 is 5.64. The van der Waals surface area contributed by atoms with Gasteiger partial charge in [0.15, 0.2) is 0 Å². The van der Waals surface area contributed by atoms with Gasteiger partial charge in [-0.3, -0.25) is 0 Å². The monoisotopic (exact) mass is 294 g/mol. The van der Waals surface area contributed by atoms with Crippen LogP contribution in [0.5, 0.6) is 11.6 Å². The third kappa shape index (κ3) is 3.92. The van der Waals surface area contributed by atoms with E-state index in [9.17, 15) is 4.39 Å². The van der Waals surface area contributed by atoms with Gasteiger partial charge in [0.25, 0.3) is 0 Å². The van der Waals surface area contributed by atoms with Crippen LogP contribution in [0.2, 0.25) is 5.02 Å². The van der Waals surface area contributed by atoms with Gasteiger partial charge >= 0.3 is 0 Å². The predicted molar refractivity (Wildman–Crippen MR) is 77.7 cm³/mol. The molecule has 0 bridgehead atoms. The molecule has 1 N–H and O–H groups in total. The SMILES string of the molecule is CCCNCc1cccnc1Oc1ccc(Cl)c(F)c1. The molecule has 0 aliphatic rings. The minimum atomic E-state index is -0.509. The molecule has 1 aromatic carbocycles. The molecule has 0 fully saturated rings. The Labute approximate surface area is 122 Å². The smallest absolute Gasteiger partial charge is 0.223 e. The number of benzene rings is 1. The van der Waals surface area contributed by atoms with E-state index in [1.807, 2.05) is 12.1 Å². The van der Waals surface area contributed by atoms with Gasteiger partial charge in [0, 0.05) is 24.4 Å². The van der Waals surface area contributed by atoms with Crippen LogP contribution >= 0.6 is 11.6 Å². The second kappa shape index (κ2) is 7.22. The van der Waals surface area contributed by atoms with Crippen molar-refractivity contribution in [1.29, 1.82) is 0 Å². The van der Waals surface area contributed by atoms with Gasteiger partial charge < -0.3 is 10.1 Å². The van der Waals surface area contributed by atoms with Crippen LogP contribution in [-0.2, 0) is 6.54 Å². The van der Waals surface area contributed by atoms with Crippen LogP contribution in [0.3, 0.4) is 0 Å². The molecular weight excluding hydrogens is 279 g/mol. The Morgan fingerprint density at radius 2 is 2.20 bits per heavy atom. The van der Waals surface area contributed by atoms with Gasteiger partial charge in [0.2, 0.25) is 5.88 Å². The molecular formula is C15H16ClFN2O. The number of hydrogen-bond acceptors (Lipinski definition) is 3. The van der Waals surface area contributed by atoms with E-state index in [2.05, 4.69) is 17.2 Å². The minimum absolute atomic E-state index is 0.0724. The summed E-state index contributed by atoms with van der Waals surface area (Å²) < 4.78 is 19.0. The molecule has 0 spiro atoms. The number of ether oxygens (including phenoxy) is 1. The molecule has 2 aromatic rings. The molecule has 0 radical (unpaired) electrons. The molecule has 3 nitrogen and oxygen atoms in total. The first-order chi connectivity index (χ1) is 9.70. The Bertz CT molecular complexity index is 578. The van der Waals surface area contributed by atoms with Crippen molar-refractivity contribution in [1.82, 2.24) is 10.3 Å². The van der Waals surface area contributed by atoms with E-state index in [-0.39, 0.29) is 5.02 Å². The van der Waals surface area contributed by atoms with Crippen molar-refractivity contribution in [3.63, 3.8) is 0 Å². The average Bonchev–Trinajstić information content (AvgIpc) is 2.45. The summed E-state index contributed by atoms with van der Waals surface area (Å²) in [5.74, 6) is 0.339. The van der Waals surface area contributed by atoms with Crippen LogP contribution in [-0.4, -0.2) is 11.5 Å². The first-order valence-corrected chi connectivity index (χ1v) is 6.86. The lowest BCUT2D eigenvalue weighted by Gasteiger charge is -2.10. The van der Waals surface area contributed by atoms with Crippen LogP contribution in [0.15, 0.2) is 36.5 Å². The largest absolute Gasteiger partial charge is 0.439 e. The fourth-order valence-electron chi connectivity index (χ4n) is 1.70. The number of nitrogens with zero attached hydrogens (tertiary/aromatic N) is 1. The molecule has 2 rings (SSSR count). The molecule has 0 amide bonds. The van der Waals surface area contributed by atoms with E-state index in [1.54, 1.807) is 12.3 Å². The normalized spacial score (nSPS) is 10.6. The minimum Gasteiger partial charge on any atom is -0.439 e. The summed E-state index contributed by atoms with van der Waals surface area (Å²) in [6.07, 6.45) is 2.70. The number of hydrogen-bond donors (Lipinski definition) is 1. The number of nitrogens with one attached hydrogen (secondary N) is 1. The number of pyridine rings is 1. The fourth-order valence-corrected chi connectivity index (χ4v) is 1.82. The highest BCUT2D eigenvalue weighted by molar-refractivity contribution is 6.30. The van der Waals surface area contributed by atoms with Crippen LogP contribution in [0, 0.1) is 5.82 Å². The van der Waals surface area contributed by atoms with Crippen molar-refractivity contribution in [3.05, 3.63) is 52.9 Å². The topological polar surface area (TPSA) is 34.2 Å². The van der Waals surface area contributed by atoms with Gasteiger partial charge in [-0.1, -0.05) is 24.6 Å². The highest BCUT2D eigenvalue weighted by atomic mass is 35.5. The lowest BCUT2D eigenvalue weighted by Crippen LogP contribution is -2.14. The molecule has 0 saturated carbocycles. The Morgan fingerprint density at radius 3 is 2.95 bits per heavy atom. The summed E-state index contributed by atoms with van der Waals surface area (Å²) in [7, 11) is 0. The quantitative estimate of drug-likeness (QED) is 0.812. The molecule has 5 heteroatoms. The summed E-state index contributed by atoms with van der Waals surface area (Å²) in [5.41, 5.74) is 0.927. The summed E-state index contributed by atoms with van der Waals surface area (Å²) in [6.45, 7) is 3.68. The maximum Gasteiger partial charge on any atom is 0.223 e. The van der Waals surface area contributed by atoms with Crippen molar-refractivity contribution in [2.24, 2.45) is 0 Å². The molecule has 0 atom stereocenters. The predicted octanol–water partition coefficient (Wildman–Crippen LogP) is 4.17. The van der Waals surface area contributed by atoms with Crippen molar-refractivity contribution >= 4 is 11.6 Å². The van der Waals surface area contributed by atoms with Crippen LogP contribution < -0.4 is 10.1 Å². The van der Waals surface area contributed by atoms with E-state index in [0.717, 1.165) is 18.5 Å². The van der Waals surface area contributed by atoms with Crippen molar-refractivity contribution in [2.45, 2.75) is 19.9 Å². The molecule has 1 aromatic heterocycles. The Balaban J connectivity index is 2.13. The molecule has 1 heterocycles. The van der Waals surface area contributed by atoms with Gasteiger partial charge in [-0.2, -0.15) is 0 Å². The number of aromatic nitrogens is 1. The Hall–Kier alpha value is -1.65. The van der Waals surface area contributed by atoms with Crippen molar-refractivity contribution in [3.8, 4) is 11.6 Å². The van der Waals surface area contributed by atoms with Crippen molar-refractivity contribution < 1.29 is 9.13 Å². The zero-order chi connectivity index (χ0) is 14.4. The van der Waals surface area contributed by atoms with Gasteiger partial charge in [-0.25, -0.2) is 9.37 Å². The van der Waals surface area contributed by atoms with Crippen LogP contribution in [0.4, 0.5) is 4.39 Å². The molecule has 0 unspecified atom stereocenters. The number of halogens is 2.